The van der Waals surface area contributed by atoms with Crippen molar-refractivity contribution in [3.8, 4) is 0 Å². The zero-order chi connectivity index (χ0) is 13.2. The minimum atomic E-state index is 0.274. The number of hydrogen-bond acceptors (Lipinski definition) is 4. The van der Waals surface area contributed by atoms with Gasteiger partial charge in [-0.1, -0.05) is 25.1 Å². The molecule has 5 heteroatoms. The molecule has 2 heterocycles. The van der Waals surface area contributed by atoms with E-state index in [1.54, 1.807) is 11.3 Å². The smallest absolute Gasteiger partial charge is 0.225 e. The molecule has 19 heavy (non-hydrogen) atoms. The topological polar surface area (TPSA) is 37.8 Å². The molecule has 0 saturated carbocycles. The Morgan fingerprint density at radius 1 is 1.21 bits per heavy atom. The Balaban J connectivity index is 2.09. The highest BCUT2D eigenvalue weighted by molar-refractivity contribution is 7.18. The summed E-state index contributed by atoms with van der Waals surface area (Å²) in [7, 11) is 0. The largest absolute Gasteiger partial charge is 0.340 e. The maximum absolute atomic E-state index is 5.99. The first-order valence-electron chi connectivity index (χ1n) is 6.04. The Hall–Kier alpha value is -1.65. The monoisotopic (exact) mass is 289 g/mol. The van der Waals surface area contributed by atoms with Gasteiger partial charge in [0.25, 0.3) is 0 Å². The van der Waals surface area contributed by atoms with Crippen LogP contribution in [0.3, 0.4) is 0 Å². The van der Waals surface area contributed by atoms with Crippen molar-refractivity contribution in [1.82, 2.24) is 9.97 Å². The SMILES string of the molecule is CCc1cc2c(Nc3ccccc3)nc(Cl)nc2s1. The molecule has 0 radical (unpaired) electrons. The van der Waals surface area contributed by atoms with Crippen LogP contribution in [-0.2, 0) is 6.42 Å². The molecule has 0 fully saturated rings. The summed E-state index contributed by atoms with van der Waals surface area (Å²) in [5.74, 6) is 0.761. The molecular weight excluding hydrogens is 278 g/mol. The van der Waals surface area contributed by atoms with E-state index >= 15 is 0 Å². The lowest BCUT2D eigenvalue weighted by Gasteiger charge is -2.06. The van der Waals surface area contributed by atoms with Gasteiger partial charge in [0.2, 0.25) is 5.28 Å². The minimum Gasteiger partial charge on any atom is -0.340 e. The Morgan fingerprint density at radius 3 is 2.74 bits per heavy atom. The van der Waals surface area contributed by atoms with Crippen molar-refractivity contribution in [2.24, 2.45) is 0 Å². The summed E-state index contributed by atoms with van der Waals surface area (Å²) >= 11 is 7.65. The highest BCUT2D eigenvalue weighted by Gasteiger charge is 2.10. The van der Waals surface area contributed by atoms with Crippen LogP contribution in [0.4, 0.5) is 11.5 Å². The number of nitrogens with zero attached hydrogens (tertiary/aromatic N) is 2. The summed E-state index contributed by atoms with van der Waals surface area (Å²) in [5, 5.41) is 4.59. The minimum absolute atomic E-state index is 0.274. The average Bonchev–Trinajstić information content (AvgIpc) is 2.83. The lowest BCUT2D eigenvalue weighted by molar-refractivity contribution is 1.19. The fourth-order valence-corrected chi connectivity index (χ4v) is 3.06. The van der Waals surface area contributed by atoms with E-state index in [9.17, 15) is 0 Å². The number of halogens is 1. The van der Waals surface area contributed by atoms with E-state index in [0.717, 1.165) is 28.1 Å². The van der Waals surface area contributed by atoms with Gasteiger partial charge >= 0.3 is 0 Å². The number of aryl methyl sites for hydroxylation is 1. The van der Waals surface area contributed by atoms with Gasteiger partial charge in [0.05, 0.1) is 5.39 Å². The highest BCUT2D eigenvalue weighted by Crippen LogP contribution is 2.31. The predicted molar refractivity (Wildman–Crippen MR) is 81.5 cm³/mol. The van der Waals surface area contributed by atoms with Crippen molar-refractivity contribution in [2.45, 2.75) is 13.3 Å². The number of benzene rings is 1. The predicted octanol–water partition coefficient (Wildman–Crippen LogP) is 4.65. The molecule has 1 N–H and O–H groups in total. The van der Waals surface area contributed by atoms with Crippen LogP contribution in [0.25, 0.3) is 10.2 Å². The second-order valence-electron chi connectivity index (χ2n) is 4.12. The summed E-state index contributed by atoms with van der Waals surface area (Å²) in [6.07, 6.45) is 0.990. The Morgan fingerprint density at radius 2 is 2.00 bits per heavy atom. The van der Waals surface area contributed by atoms with E-state index in [2.05, 4.69) is 28.3 Å². The van der Waals surface area contributed by atoms with E-state index < -0.39 is 0 Å². The third kappa shape index (κ3) is 2.55. The fourth-order valence-electron chi connectivity index (χ4n) is 1.87. The molecule has 3 aromatic rings. The summed E-state index contributed by atoms with van der Waals surface area (Å²) in [6, 6.07) is 12.1. The molecular formula is C14H12ClN3S. The van der Waals surface area contributed by atoms with Crippen LogP contribution in [0.15, 0.2) is 36.4 Å². The Bertz CT molecular complexity index is 709. The van der Waals surface area contributed by atoms with Crippen molar-refractivity contribution in [3.05, 3.63) is 46.6 Å². The normalized spacial score (nSPS) is 10.8. The third-order valence-electron chi connectivity index (χ3n) is 2.80. The van der Waals surface area contributed by atoms with E-state index in [1.807, 2.05) is 30.3 Å². The Kier molecular flexibility index (Phi) is 3.36. The molecule has 96 valence electrons. The number of aromatic nitrogens is 2. The third-order valence-corrected chi connectivity index (χ3v) is 4.14. The van der Waals surface area contributed by atoms with Crippen LogP contribution in [0.5, 0.6) is 0 Å². The first-order chi connectivity index (χ1) is 9.26. The number of hydrogen-bond donors (Lipinski definition) is 1. The number of para-hydroxylation sites is 1. The lowest BCUT2D eigenvalue weighted by Crippen LogP contribution is -1.95. The van der Waals surface area contributed by atoms with Gasteiger partial charge in [0, 0.05) is 10.6 Å². The molecule has 0 atom stereocenters. The lowest BCUT2D eigenvalue weighted by atomic mass is 10.3. The standard InChI is InChI=1S/C14H12ClN3S/c1-2-10-8-11-12(16-9-6-4-3-5-7-9)17-14(15)18-13(11)19-10/h3-8H,2H2,1H3,(H,16,17,18). The number of nitrogens with one attached hydrogen (secondary N) is 1. The summed E-state index contributed by atoms with van der Waals surface area (Å²) in [5.41, 5.74) is 0.989. The van der Waals surface area contributed by atoms with Gasteiger partial charge in [-0.05, 0) is 36.2 Å². The molecule has 3 rings (SSSR count). The second kappa shape index (κ2) is 5.15. The van der Waals surface area contributed by atoms with Gasteiger partial charge in [0.1, 0.15) is 10.6 Å². The molecule has 0 spiro atoms. The molecule has 0 aliphatic heterocycles. The summed E-state index contributed by atoms with van der Waals surface area (Å²) in [6.45, 7) is 2.13. The molecule has 3 nitrogen and oxygen atoms in total. The van der Waals surface area contributed by atoms with Crippen LogP contribution in [0, 0.1) is 0 Å². The first kappa shape index (κ1) is 12.4. The number of fused-ring (bicyclic) bond motifs is 1. The fraction of sp³-hybridized carbons (Fsp3) is 0.143. The number of rotatable bonds is 3. The van der Waals surface area contributed by atoms with Gasteiger partial charge in [-0.15, -0.1) is 11.3 Å². The van der Waals surface area contributed by atoms with Crippen LogP contribution in [0.2, 0.25) is 5.28 Å². The molecule has 0 aliphatic carbocycles. The average molecular weight is 290 g/mol. The molecule has 0 aliphatic rings. The quantitative estimate of drug-likeness (QED) is 0.713. The van der Waals surface area contributed by atoms with Gasteiger partial charge < -0.3 is 5.32 Å². The van der Waals surface area contributed by atoms with Crippen LogP contribution in [-0.4, -0.2) is 9.97 Å². The van der Waals surface area contributed by atoms with Crippen LogP contribution < -0.4 is 5.32 Å². The van der Waals surface area contributed by atoms with E-state index in [1.165, 1.54) is 4.88 Å². The molecule has 2 aromatic heterocycles. The van der Waals surface area contributed by atoms with Crippen LogP contribution >= 0.6 is 22.9 Å². The van der Waals surface area contributed by atoms with Crippen LogP contribution in [0.1, 0.15) is 11.8 Å². The van der Waals surface area contributed by atoms with Crippen molar-refractivity contribution >= 4 is 44.7 Å². The second-order valence-corrected chi connectivity index (χ2v) is 5.57. The molecule has 0 saturated heterocycles. The summed E-state index contributed by atoms with van der Waals surface area (Å²) < 4.78 is 0. The maximum Gasteiger partial charge on any atom is 0.225 e. The van der Waals surface area contributed by atoms with Crippen molar-refractivity contribution < 1.29 is 0 Å². The van der Waals surface area contributed by atoms with Gasteiger partial charge in [-0.2, -0.15) is 4.98 Å². The van der Waals surface area contributed by atoms with Crippen molar-refractivity contribution in [2.75, 3.05) is 5.32 Å². The van der Waals surface area contributed by atoms with Gasteiger partial charge in [-0.3, -0.25) is 0 Å². The van der Waals surface area contributed by atoms with Gasteiger partial charge in [0.15, 0.2) is 0 Å². The highest BCUT2D eigenvalue weighted by atomic mass is 35.5. The maximum atomic E-state index is 5.99. The van der Waals surface area contributed by atoms with Crippen molar-refractivity contribution in [1.29, 1.82) is 0 Å². The van der Waals surface area contributed by atoms with Crippen molar-refractivity contribution in [3.63, 3.8) is 0 Å². The van der Waals surface area contributed by atoms with Gasteiger partial charge in [-0.25, -0.2) is 4.98 Å². The molecule has 0 amide bonds. The molecule has 0 unspecified atom stereocenters. The Labute approximate surface area is 120 Å². The molecule has 1 aromatic carbocycles. The van der Waals surface area contributed by atoms with E-state index in [4.69, 9.17) is 11.6 Å². The number of anilines is 2. The molecule has 0 bridgehead atoms. The zero-order valence-electron chi connectivity index (χ0n) is 10.4. The zero-order valence-corrected chi connectivity index (χ0v) is 11.9. The summed E-state index contributed by atoms with van der Waals surface area (Å²) in [4.78, 5) is 10.8. The number of thiophene rings is 1. The first-order valence-corrected chi connectivity index (χ1v) is 7.23. The van der Waals surface area contributed by atoms with E-state index in [-0.39, 0.29) is 5.28 Å². The van der Waals surface area contributed by atoms with E-state index in [0.29, 0.717) is 0 Å².